The molecule has 0 radical (unpaired) electrons. The van der Waals surface area contributed by atoms with Crippen LogP contribution in [0.25, 0.3) is 11.2 Å². The molecule has 0 aliphatic rings. The van der Waals surface area contributed by atoms with Gasteiger partial charge in [-0.1, -0.05) is 6.92 Å². The summed E-state index contributed by atoms with van der Waals surface area (Å²) >= 11 is 0. The third-order valence-electron chi connectivity index (χ3n) is 2.97. The molecule has 0 aliphatic carbocycles. The highest BCUT2D eigenvalue weighted by atomic mass is 16.5. The molecule has 0 atom stereocenters. The van der Waals surface area contributed by atoms with Gasteiger partial charge in [0.25, 0.3) is 5.56 Å². The Kier molecular flexibility index (Phi) is 2.63. The van der Waals surface area contributed by atoms with E-state index in [1.54, 1.807) is 6.92 Å². The predicted molar refractivity (Wildman–Crippen MR) is 63.0 cm³/mol. The maximum absolute atomic E-state index is 11.8. The zero-order valence-electron chi connectivity index (χ0n) is 10.3. The minimum Gasteiger partial charge on any atom is -0.360 e. The van der Waals surface area contributed by atoms with Crippen LogP contribution >= 0.6 is 0 Å². The molecule has 2 rings (SSSR count). The molecule has 0 fully saturated rings. The summed E-state index contributed by atoms with van der Waals surface area (Å²) in [6.07, 6.45) is 0.00108. The van der Waals surface area contributed by atoms with E-state index in [1.165, 1.54) is 18.7 Å². The first-order valence-electron chi connectivity index (χ1n) is 5.40. The van der Waals surface area contributed by atoms with Gasteiger partial charge in [0.05, 0.1) is 0 Å². The molecular weight excluding hydrogens is 240 g/mol. The van der Waals surface area contributed by atoms with Gasteiger partial charge in [-0.3, -0.25) is 13.9 Å². The van der Waals surface area contributed by atoms with E-state index in [4.69, 9.17) is 0 Å². The molecule has 0 aliphatic heterocycles. The fourth-order valence-electron chi connectivity index (χ4n) is 1.68. The lowest BCUT2D eigenvalue weighted by atomic mass is 10.2. The molecule has 0 spiro atoms. The normalized spacial score (nSPS) is 12.3. The maximum Gasteiger partial charge on any atom is 0.332 e. The van der Waals surface area contributed by atoms with Crippen LogP contribution in [0.2, 0.25) is 0 Å². The highest BCUT2D eigenvalue weighted by molar-refractivity contribution is 5.69. The van der Waals surface area contributed by atoms with Crippen molar-refractivity contribution < 1.29 is 10.2 Å². The van der Waals surface area contributed by atoms with Crippen molar-refractivity contribution in [2.45, 2.75) is 19.1 Å². The van der Waals surface area contributed by atoms with Gasteiger partial charge < -0.3 is 15.2 Å². The molecule has 2 heterocycles. The van der Waals surface area contributed by atoms with Crippen LogP contribution in [0.3, 0.4) is 0 Å². The van der Waals surface area contributed by atoms with Gasteiger partial charge in [-0.25, -0.2) is 9.78 Å². The van der Waals surface area contributed by atoms with Gasteiger partial charge in [-0.15, -0.1) is 0 Å². The van der Waals surface area contributed by atoms with Crippen molar-refractivity contribution in [3.05, 3.63) is 26.7 Å². The van der Waals surface area contributed by atoms with E-state index in [0.29, 0.717) is 0 Å². The second-order valence-corrected chi connectivity index (χ2v) is 4.16. The van der Waals surface area contributed by atoms with E-state index < -0.39 is 17.0 Å². The topological polar surface area (TPSA) is 113 Å². The third-order valence-corrected chi connectivity index (χ3v) is 2.97. The first kappa shape index (κ1) is 12.5. The number of imidazole rings is 1. The van der Waals surface area contributed by atoms with E-state index in [-0.39, 0.29) is 23.4 Å². The van der Waals surface area contributed by atoms with E-state index in [2.05, 4.69) is 9.97 Å². The molecular formula is C10H14N4O4. The van der Waals surface area contributed by atoms with Crippen LogP contribution in [0, 0.1) is 0 Å². The second-order valence-electron chi connectivity index (χ2n) is 4.16. The van der Waals surface area contributed by atoms with Crippen LogP contribution in [0.15, 0.2) is 9.59 Å². The zero-order chi connectivity index (χ0) is 13.7. The van der Waals surface area contributed by atoms with Gasteiger partial charge in [-0.05, 0) is 0 Å². The summed E-state index contributed by atoms with van der Waals surface area (Å²) in [6, 6.07) is 0. The Hall–Kier alpha value is -1.93. The number of aromatic nitrogens is 4. The Labute approximate surface area is 101 Å². The SMILES string of the molecule is CCC(O)(O)c1nc2c([nH]1)c(=O)n(C)c(=O)n2C. The molecule has 2 aromatic heterocycles. The van der Waals surface area contributed by atoms with Crippen LogP contribution in [-0.4, -0.2) is 29.3 Å². The number of fused-ring (bicyclic) bond motifs is 1. The van der Waals surface area contributed by atoms with E-state index in [1.807, 2.05) is 0 Å². The van der Waals surface area contributed by atoms with Gasteiger partial charge in [0.15, 0.2) is 11.5 Å². The predicted octanol–water partition coefficient (Wildman–Crippen LogP) is -1.49. The largest absolute Gasteiger partial charge is 0.360 e. The van der Waals surface area contributed by atoms with Crippen LogP contribution in [0.5, 0.6) is 0 Å². The molecule has 8 nitrogen and oxygen atoms in total. The number of hydrogen-bond acceptors (Lipinski definition) is 5. The van der Waals surface area contributed by atoms with Crippen LogP contribution < -0.4 is 11.2 Å². The van der Waals surface area contributed by atoms with Crippen molar-refractivity contribution in [1.82, 2.24) is 19.1 Å². The van der Waals surface area contributed by atoms with Crippen molar-refractivity contribution in [3.8, 4) is 0 Å². The molecule has 0 unspecified atom stereocenters. The summed E-state index contributed by atoms with van der Waals surface area (Å²) in [5.41, 5.74) is -0.920. The van der Waals surface area contributed by atoms with Gasteiger partial charge in [-0.2, -0.15) is 0 Å². The number of hydrogen-bond donors (Lipinski definition) is 3. The first-order chi connectivity index (χ1) is 8.29. The molecule has 0 saturated carbocycles. The zero-order valence-corrected chi connectivity index (χ0v) is 10.3. The second kappa shape index (κ2) is 3.79. The van der Waals surface area contributed by atoms with E-state index in [9.17, 15) is 19.8 Å². The van der Waals surface area contributed by atoms with Crippen molar-refractivity contribution >= 4 is 11.2 Å². The average molecular weight is 254 g/mol. The molecule has 3 N–H and O–H groups in total. The van der Waals surface area contributed by atoms with E-state index >= 15 is 0 Å². The number of aliphatic hydroxyl groups is 2. The third kappa shape index (κ3) is 1.57. The minimum absolute atomic E-state index is 0.00108. The molecule has 0 aromatic carbocycles. The van der Waals surface area contributed by atoms with Gasteiger partial charge in [0.1, 0.15) is 5.52 Å². The number of H-pyrrole nitrogens is 1. The molecule has 0 saturated heterocycles. The first-order valence-corrected chi connectivity index (χ1v) is 5.40. The number of nitrogens with one attached hydrogen (secondary N) is 1. The summed E-state index contributed by atoms with van der Waals surface area (Å²) in [6.45, 7) is 1.56. The Balaban J connectivity index is 2.89. The summed E-state index contributed by atoms with van der Waals surface area (Å²) in [7, 11) is 2.80. The number of rotatable bonds is 2. The lowest BCUT2D eigenvalue weighted by Gasteiger charge is -2.15. The lowest BCUT2D eigenvalue weighted by molar-refractivity contribution is -0.176. The lowest BCUT2D eigenvalue weighted by Crippen LogP contribution is -2.36. The fourth-order valence-corrected chi connectivity index (χ4v) is 1.68. The Morgan fingerprint density at radius 3 is 2.44 bits per heavy atom. The minimum atomic E-state index is -2.15. The molecule has 8 heteroatoms. The Morgan fingerprint density at radius 2 is 1.89 bits per heavy atom. The summed E-state index contributed by atoms with van der Waals surface area (Å²) in [4.78, 5) is 30.0. The highest BCUT2D eigenvalue weighted by Gasteiger charge is 2.28. The summed E-state index contributed by atoms with van der Waals surface area (Å²) < 4.78 is 2.09. The van der Waals surface area contributed by atoms with Crippen molar-refractivity contribution in [2.24, 2.45) is 14.1 Å². The highest BCUT2D eigenvalue weighted by Crippen LogP contribution is 2.19. The molecule has 0 amide bonds. The molecule has 2 aromatic rings. The van der Waals surface area contributed by atoms with Gasteiger partial charge in [0, 0.05) is 20.5 Å². The quantitative estimate of drug-likeness (QED) is 0.565. The standard InChI is InChI=1S/C10H14N4O4/c1-4-10(17,18)8-11-5-6(12-8)13(2)9(16)14(3)7(5)15/h17-18H,4H2,1-3H3,(H,11,12). The average Bonchev–Trinajstić information content (AvgIpc) is 2.79. The monoisotopic (exact) mass is 254 g/mol. The summed E-state index contributed by atoms with van der Waals surface area (Å²) in [5, 5.41) is 19.4. The van der Waals surface area contributed by atoms with Crippen molar-refractivity contribution in [2.75, 3.05) is 0 Å². The van der Waals surface area contributed by atoms with Gasteiger partial charge >= 0.3 is 5.69 Å². The molecule has 98 valence electrons. The van der Waals surface area contributed by atoms with Crippen molar-refractivity contribution in [3.63, 3.8) is 0 Å². The fraction of sp³-hybridized carbons (Fsp3) is 0.500. The van der Waals surface area contributed by atoms with Crippen molar-refractivity contribution in [1.29, 1.82) is 0 Å². The van der Waals surface area contributed by atoms with Crippen LogP contribution in [0.4, 0.5) is 0 Å². The van der Waals surface area contributed by atoms with Crippen LogP contribution in [0.1, 0.15) is 19.2 Å². The summed E-state index contributed by atoms with van der Waals surface area (Å²) in [5.74, 6) is -2.31. The van der Waals surface area contributed by atoms with Crippen LogP contribution in [-0.2, 0) is 19.9 Å². The number of nitrogens with zero attached hydrogens (tertiary/aromatic N) is 3. The Bertz CT molecular complexity index is 722. The smallest absolute Gasteiger partial charge is 0.332 e. The van der Waals surface area contributed by atoms with Gasteiger partial charge in [0.2, 0.25) is 5.79 Å². The van der Waals surface area contributed by atoms with E-state index in [0.717, 1.165) is 4.57 Å². The molecule has 0 bridgehead atoms. The number of aryl methyl sites for hydroxylation is 1. The molecule has 18 heavy (non-hydrogen) atoms. The maximum atomic E-state index is 11.8. The Morgan fingerprint density at radius 1 is 1.28 bits per heavy atom. The number of aromatic amines is 1.